The van der Waals surface area contributed by atoms with Crippen molar-refractivity contribution in [3.8, 4) is 5.75 Å². The Bertz CT molecular complexity index is 1240. The molecule has 0 bridgehead atoms. The molecule has 1 atom stereocenters. The number of benzene rings is 2. The molecule has 2 aromatic carbocycles. The van der Waals surface area contributed by atoms with Crippen LogP contribution in [0.25, 0.3) is 0 Å². The standard InChI is InChI=1S/C23H19Cl2N3O6S/c24-15-8-13(20(30)26-10-12-3-1-4-14(29)7-12)9-16(25)19(15)22(32)28-17(23(33)34)11-27-21(31)18-5-2-6-35-18/h1-9,17,29H,10-11H2,(H,26,30)(H,27,31)(H,28,32)(H,33,34)/t17-/m0/s1. The summed E-state index contributed by atoms with van der Waals surface area (Å²) in [6.07, 6.45) is 0. The summed E-state index contributed by atoms with van der Waals surface area (Å²) < 4.78 is 0. The molecule has 0 aliphatic heterocycles. The maximum absolute atomic E-state index is 12.7. The minimum atomic E-state index is -1.45. The van der Waals surface area contributed by atoms with E-state index in [0.29, 0.717) is 10.4 Å². The number of thiophene rings is 1. The van der Waals surface area contributed by atoms with E-state index in [0.717, 1.165) is 0 Å². The molecule has 3 rings (SSSR count). The fourth-order valence-corrected chi connectivity index (χ4v) is 4.29. The first-order valence-corrected chi connectivity index (χ1v) is 11.7. The lowest BCUT2D eigenvalue weighted by Crippen LogP contribution is -2.48. The van der Waals surface area contributed by atoms with Crippen LogP contribution in [0.1, 0.15) is 36.0 Å². The number of carbonyl (C=O) groups excluding carboxylic acids is 3. The lowest BCUT2D eigenvalue weighted by atomic mass is 10.1. The Labute approximate surface area is 213 Å². The van der Waals surface area contributed by atoms with E-state index >= 15 is 0 Å². The molecule has 3 aromatic rings. The molecule has 182 valence electrons. The number of halogens is 2. The Morgan fingerprint density at radius 3 is 2.23 bits per heavy atom. The molecule has 3 amide bonds. The average molecular weight is 536 g/mol. The van der Waals surface area contributed by atoms with Crippen molar-refractivity contribution in [1.29, 1.82) is 0 Å². The fourth-order valence-electron chi connectivity index (χ4n) is 2.99. The van der Waals surface area contributed by atoms with Gasteiger partial charge in [0.25, 0.3) is 17.7 Å². The van der Waals surface area contributed by atoms with Crippen molar-refractivity contribution in [2.24, 2.45) is 0 Å². The normalized spacial score (nSPS) is 11.4. The van der Waals surface area contributed by atoms with E-state index in [1.54, 1.807) is 29.6 Å². The van der Waals surface area contributed by atoms with Crippen molar-refractivity contribution in [2.45, 2.75) is 12.6 Å². The van der Waals surface area contributed by atoms with Crippen molar-refractivity contribution >= 4 is 58.2 Å². The number of aromatic hydroxyl groups is 1. The molecule has 0 fully saturated rings. The lowest BCUT2D eigenvalue weighted by molar-refractivity contribution is -0.139. The van der Waals surface area contributed by atoms with Crippen LogP contribution in [0.15, 0.2) is 53.9 Å². The van der Waals surface area contributed by atoms with Gasteiger partial charge in [0.05, 0.1) is 20.5 Å². The van der Waals surface area contributed by atoms with E-state index in [4.69, 9.17) is 23.2 Å². The third-order valence-corrected chi connectivity index (χ3v) is 6.17. The van der Waals surface area contributed by atoms with Gasteiger partial charge in [0.2, 0.25) is 0 Å². The molecule has 12 heteroatoms. The lowest BCUT2D eigenvalue weighted by Gasteiger charge is -2.17. The van der Waals surface area contributed by atoms with Gasteiger partial charge in [-0.05, 0) is 41.3 Å². The van der Waals surface area contributed by atoms with Gasteiger partial charge in [-0.2, -0.15) is 0 Å². The molecule has 5 N–H and O–H groups in total. The zero-order chi connectivity index (χ0) is 25.5. The zero-order valence-electron chi connectivity index (χ0n) is 17.9. The third-order valence-electron chi connectivity index (χ3n) is 4.71. The molecule has 0 unspecified atom stereocenters. The largest absolute Gasteiger partial charge is 0.508 e. The maximum Gasteiger partial charge on any atom is 0.328 e. The van der Waals surface area contributed by atoms with Crippen LogP contribution >= 0.6 is 34.5 Å². The molecule has 9 nitrogen and oxygen atoms in total. The van der Waals surface area contributed by atoms with Crippen molar-refractivity contribution in [2.75, 3.05) is 6.54 Å². The molecule has 0 saturated carbocycles. The SMILES string of the molecule is O=C(NCc1cccc(O)c1)c1cc(Cl)c(C(=O)N[C@@H](CNC(=O)c2cccs2)C(=O)O)c(Cl)c1. The number of phenolic OH excluding ortho intramolecular Hbond substituents is 1. The van der Waals surface area contributed by atoms with Crippen LogP contribution in [0.2, 0.25) is 10.0 Å². The van der Waals surface area contributed by atoms with E-state index < -0.39 is 29.7 Å². The quantitative estimate of drug-likeness (QED) is 0.284. The Morgan fingerprint density at radius 1 is 0.914 bits per heavy atom. The Morgan fingerprint density at radius 2 is 1.63 bits per heavy atom. The monoisotopic (exact) mass is 535 g/mol. The summed E-state index contributed by atoms with van der Waals surface area (Å²) in [6, 6.07) is 10.6. The predicted molar refractivity (Wildman–Crippen MR) is 131 cm³/mol. The molecule has 0 aliphatic rings. The smallest absolute Gasteiger partial charge is 0.328 e. The van der Waals surface area contributed by atoms with E-state index in [1.165, 1.54) is 35.6 Å². The highest BCUT2D eigenvalue weighted by atomic mass is 35.5. The highest BCUT2D eigenvalue weighted by molar-refractivity contribution is 7.12. The number of aliphatic carboxylic acids is 1. The van der Waals surface area contributed by atoms with Gasteiger partial charge in [0.15, 0.2) is 0 Å². The molecule has 0 spiro atoms. The average Bonchev–Trinajstić information content (AvgIpc) is 3.34. The first-order valence-electron chi connectivity index (χ1n) is 10.1. The zero-order valence-corrected chi connectivity index (χ0v) is 20.2. The number of carboxylic acid groups (broad SMARTS) is 1. The molecule has 0 radical (unpaired) electrons. The number of phenols is 1. The topological polar surface area (TPSA) is 145 Å². The van der Waals surface area contributed by atoms with Crippen molar-refractivity contribution < 1.29 is 29.4 Å². The summed E-state index contributed by atoms with van der Waals surface area (Å²) >= 11 is 13.6. The molecule has 35 heavy (non-hydrogen) atoms. The van der Waals surface area contributed by atoms with Crippen LogP contribution in [0.4, 0.5) is 0 Å². The highest BCUT2D eigenvalue weighted by Crippen LogP contribution is 2.27. The van der Waals surface area contributed by atoms with Gasteiger partial charge >= 0.3 is 5.97 Å². The molecular formula is C23H19Cl2N3O6S. The van der Waals surface area contributed by atoms with Gasteiger partial charge in [-0.3, -0.25) is 14.4 Å². The number of nitrogens with one attached hydrogen (secondary N) is 3. The number of amides is 3. The van der Waals surface area contributed by atoms with Gasteiger partial charge < -0.3 is 26.2 Å². The van der Waals surface area contributed by atoms with Crippen LogP contribution in [-0.4, -0.2) is 46.5 Å². The van der Waals surface area contributed by atoms with Gasteiger partial charge in [0.1, 0.15) is 11.8 Å². The minimum absolute atomic E-state index is 0.0592. The third kappa shape index (κ3) is 6.95. The van der Waals surface area contributed by atoms with Gasteiger partial charge in [0, 0.05) is 18.7 Å². The summed E-state index contributed by atoms with van der Waals surface area (Å²) in [5.41, 5.74) is 0.529. The highest BCUT2D eigenvalue weighted by Gasteiger charge is 2.25. The molecule has 1 heterocycles. The molecular weight excluding hydrogens is 517 g/mol. The molecule has 0 aliphatic carbocycles. The molecule has 1 aromatic heterocycles. The Balaban J connectivity index is 1.66. The number of hydrogen-bond donors (Lipinski definition) is 5. The second kappa shape index (κ2) is 11.7. The van der Waals surface area contributed by atoms with Crippen LogP contribution in [0.3, 0.4) is 0 Å². The van der Waals surface area contributed by atoms with E-state index in [2.05, 4.69) is 16.0 Å². The van der Waals surface area contributed by atoms with Gasteiger partial charge in [-0.1, -0.05) is 41.4 Å². The van der Waals surface area contributed by atoms with Gasteiger partial charge in [-0.15, -0.1) is 11.3 Å². The number of hydrogen-bond acceptors (Lipinski definition) is 6. The van der Waals surface area contributed by atoms with Crippen LogP contribution in [0, 0.1) is 0 Å². The van der Waals surface area contributed by atoms with Crippen molar-refractivity contribution in [1.82, 2.24) is 16.0 Å². The summed E-state index contributed by atoms with van der Waals surface area (Å²) in [6.45, 7) is -0.245. The number of carboxylic acids is 1. The van der Waals surface area contributed by atoms with E-state index in [1.807, 2.05) is 0 Å². The summed E-state index contributed by atoms with van der Waals surface area (Å²) in [5.74, 6) is -3.20. The second-order valence-corrected chi connectivity index (χ2v) is 8.98. The first-order chi connectivity index (χ1) is 16.7. The maximum atomic E-state index is 12.7. The summed E-state index contributed by atoms with van der Waals surface area (Å²) in [4.78, 5) is 49.3. The fraction of sp³-hybridized carbons (Fsp3) is 0.130. The predicted octanol–water partition coefficient (Wildman–Crippen LogP) is 3.30. The Kier molecular flexibility index (Phi) is 8.69. The minimum Gasteiger partial charge on any atom is -0.508 e. The van der Waals surface area contributed by atoms with Crippen LogP contribution < -0.4 is 16.0 Å². The Hall–Kier alpha value is -3.60. The van der Waals surface area contributed by atoms with Crippen molar-refractivity contribution in [3.63, 3.8) is 0 Å². The summed E-state index contributed by atoms with van der Waals surface area (Å²) in [5, 5.41) is 27.7. The first kappa shape index (κ1) is 26.0. The van der Waals surface area contributed by atoms with Crippen molar-refractivity contribution in [3.05, 3.63) is 85.5 Å². The van der Waals surface area contributed by atoms with Gasteiger partial charge in [-0.25, -0.2) is 4.79 Å². The van der Waals surface area contributed by atoms with Crippen LogP contribution in [-0.2, 0) is 11.3 Å². The van der Waals surface area contributed by atoms with Crippen LogP contribution in [0.5, 0.6) is 5.75 Å². The number of carbonyl (C=O) groups is 4. The summed E-state index contributed by atoms with van der Waals surface area (Å²) in [7, 11) is 0. The van der Waals surface area contributed by atoms with E-state index in [-0.39, 0.29) is 40.0 Å². The molecule has 0 saturated heterocycles. The van der Waals surface area contributed by atoms with E-state index in [9.17, 15) is 29.4 Å². The second-order valence-electron chi connectivity index (χ2n) is 7.22. The number of rotatable bonds is 9.